The Morgan fingerprint density at radius 2 is 2.26 bits per heavy atom. The number of aromatic nitrogens is 3. The molecule has 3 aromatic rings. The van der Waals surface area contributed by atoms with Gasteiger partial charge in [0, 0.05) is 25.4 Å². The summed E-state index contributed by atoms with van der Waals surface area (Å²) in [6, 6.07) is 7.93. The molecule has 0 aliphatic heterocycles. The second kappa shape index (κ2) is 4.74. The third kappa shape index (κ3) is 2.43. The van der Waals surface area contributed by atoms with Crippen LogP contribution in [0.4, 0.5) is 6.01 Å². The zero-order chi connectivity index (χ0) is 13.2. The van der Waals surface area contributed by atoms with Crippen LogP contribution in [0.3, 0.4) is 0 Å². The molecule has 6 nitrogen and oxygen atoms in total. The van der Waals surface area contributed by atoms with Gasteiger partial charge in [0.2, 0.25) is 0 Å². The fraction of sp³-hybridized carbons (Fsp3) is 0.231. The summed E-state index contributed by atoms with van der Waals surface area (Å²) in [4.78, 5) is 4.27. The summed E-state index contributed by atoms with van der Waals surface area (Å²) in [6.45, 7) is 0.318. The maximum atomic E-state index is 9.98. The van der Waals surface area contributed by atoms with Gasteiger partial charge in [-0.3, -0.25) is 4.68 Å². The van der Waals surface area contributed by atoms with Gasteiger partial charge in [0.25, 0.3) is 6.01 Å². The monoisotopic (exact) mass is 258 g/mol. The number of oxazole rings is 1. The Balaban J connectivity index is 1.68. The van der Waals surface area contributed by atoms with Gasteiger partial charge in [-0.2, -0.15) is 10.1 Å². The van der Waals surface area contributed by atoms with Crippen molar-refractivity contribution in [1.82, 2.24) is 14.8 Å². The van der Waals surface area contributed by atoms with Gasteiger partial charge in [-0.1, -0.05) is 12.1 Å². The topological polar surface area (TPSA) is 76.1 Å². The van der Waals surface area contributed by atoms with E-state index in [2.05, 4.69) is 15.4 Å². The number of nitrogens with one attached hydrogen (secondary N) is 1. The number of hydrogen-bond donors (Lipinski definition) is 2. The second-order valence-electron chi connectivity index (χ2n) is 4.33. The Morgan fingerprint density at radius 3 is 3.00 bits per heavy atom. The summed E-state index contributed by atoms with van der Waals surface area (Å²) in [6.07, 6.45) is 2.76. The largest absolute Gasteiger partial charge is 0.424 e. The van der Waals surface area contributed by atoms with E-state index in [0.29, 0.717) is 12.6 Å². The van der Waals surface area contributed by atoms with Crippen LogP contribution < -0.4 is 5.32 Å². The van der Waals surface area contributed by atoms with Gasteiger partial charge < -0.3 is 14.8 Å². The lowest BCUT2D eigenvalue weighted by atomic mass is 10.2. The van der Waals surface area contributed by atoms with E-state index >= 15 is 0 Å². The fourth-order valence-electron chi connectivity index (χ4n) is 1.86. The summed E-state index contributed by atoms with van der Waals surface area (Å²) in [7, 11) is 1.81. The lowest BCUT2D eigenvalue weighted by Gasteiger charge is -2.07. The number of anilines is 1. The predicted molar refractivity (Wildman–Crippen MR) is 70.7 cm³/mol. The Labute approximate surface area is 109 Å². The lowest BCUT2D eigenvalue weighted by Crippen LogP contribution is -2.11. The van der Waals surface area contributed by atoms with E-state index in [4.69, 9.17) is 4.42 Å². The van der Waals surface area contributed by atoms with Gasteiger partial charge in [-0.25, -0.2) is 0 Å². The molecule has 2 heterocycles. The van der Waals surface area contributed by atoms with Crippen LogP contribution in [0.5, 0.6) is 0 Å². The molecule has 0 saturated heterocycles. The van der Waals surface area contributed by atoms with Crippen LogP contribution in [0.25, 0.3) is 11.1 Å². The molecule has 6 heteroatoms. The van der Waals surface area contributed by atoms with Crippen molar-refractivity contribution >= 4 is 17.1 Å². The van der Waals surface area contributed by atoms with Gasteiger partial charge in [0.1, 0.15) is 5.52 Å². The minimum atomic E-state index is -0.649. The highest BCUT2D eigenvalue weighted by Gasteiger charge is 2.11. The first-order chi connectivity index (χ1) is 9.22. The van der Waals surface area contributed by atoms with Crippen LogP contribution in [-0.4, -0.2) is 26.4 Å². The van der Waals surface area contributed by atoms with Crippen molar-refractivity contribution in [2.45, 2.75) is 6.10 Å². The third-order valence-electron chi connectivity index (χ3n) is 2.85. The normalized spacial score (nSPS) is 12.7. The minimum Gasteiger partial charge on any atom is -0.424 e. The van der Waals surface area contributed by atoms with Crippen molar-refractivity contribution in [3.63, 3.8) is 0 Å². The van der Waals surface area contributed by atoms with Gasteiger partial charge in [-0.05, 0) is 12.1 Å². The van der Waals surface area contributed by atoms with Crippen molar-refractivity contribution in [2.75, 3.05) is 11.9 Å². The molecular formula is C13H14N4O2. The van der Waals surface area contributed by atoms with Crippen molar-refractivity contribution in [1.29, 1.82) is 0 Å². The van der Waals surface area contributed by atoms with E-state index in [-0.39, 0.29) is 0 Å². The van der Waals surface area contributed by atoms with Crippen LogP contribution >= 0.6 is 0 Å². The van der Waals surface area contributed by atoms with E-state index in [9.17, 15) is 5.11 Å². The van der Waals surface area contributed by atoms with Crippen LogP contribution in [0.2, 0.25) is 0 Å². The molecule has 1 unspecified atom stereocenters. The summed E-state index contributed by atoms with van der Waals surface area (Å²) >= 11 is 0. The summed E-state index contributed by atoms with van der Waals surface area (Å²) in [5.41, 5.74) is 2.27. The van der Waals surface area contributed by atoms with E-state index in [1.54, 1.807) is 17.1 Å². The molecule has 2 aromatic heterocycles. The first-order valence-corrected chi connectivity index (χ1v) is 5.98. The molecule has 2 N–H and O–H groups in total. The molecule has 1 atom stereocenters. The average molecular weight is 258 g/mol. The highest BCUT2D eigenvalue weighted by molar-refractivity contribution is 5.74. The highest BCUT2D eigenvalue weighted by atomic mass is 16.4. The van der Waals surface area contributed by atoms with E-state index in [0.717, 1.165) is 16.7 Å². The maximum Gasteiger partial charge on any atom is 0.295 e. The second-order valence-corrected chi connectivity index (χ2v) is 4.33. The summed E-state index contributed by atoms with van der Waals surface area (Å²) in [5.74, 6) is 0. The standard InChI is InChI=1S/C13H14N4O2/c1-17-8-9(6-15-17)11(18)7-14-13-16-10-4-2-3-5-12(10)19-13/h2-6,8,11,18H,7H2,1H3,(H,14,16). The molecule has 3 rings (SSSR count). The third-order valence-corrected chi connectivity index (χ3v) is 2.85. The van der Waals surface area contributed by atoms with Crippen LogP contribution in [0.15, 0.2) is 41.1 Å². The molecule has 0 radical (unpaired) electrons. The van der Waals surface area contributed by atoms with Gasteiger partial charge in [0.15, 0.2) is 5.58 Å². The fourth-order valence-corrected chi connectivity index (χ4v) is 1.86. The number of para-hydroxylation sites is 2. The molecular weight excluding hydrogens is 244 g/mol. The number of hydrogen-bond acceptors (Lipinski definition) is 5. The summed E-state index contributed by atoms with van der Waals surface area (Å²) < 4.78 is 7.16. The van der Waals surface area contributed by atoms with Crippen molar-refractivity contribution in [2.24, 2.45) is 7.05 Å². The smallest absolute Gasteiger partial charge is 0.295 e. The van der Waals surface area contributed by atoms with Gasteiger partial charge >= 0.3 is 0 Å². The quantitative estimate of drug-likeness (QED) is 0.745. The zero-order valence-electron chi connectivity index (χ0n) is 10.4. The number of rotatable bonds is 4. The Hall–Kier alpha value is -2.34. The highest BCUT2D eigenvalue weighted by Crippen LogP contribution is 2.19. The zero-order valence-corrected chi connectivity index (χ0v) is 10.4. The first kappa shape index (κ1) is 11.7. The molecule has 19 heavy (non-hydrogen) atoms. The van der Waals surface area contributed by atoms with Crippen LogP contribution in [0, 0.1) is 0 Å². The summed E-state index contributed by atoms with van der Waals surface area (Å²) in [5, 5.41) is 17.0. The number of aryl methyl sites for hydroxylation is 1. The maximum absolute atomic E-state index is 9.98. The number of aliphatic hydroxyl groups excluding tert-OH is 1. The molecule has 0 fully saturated rings. The van der Waals surface area contributed by atoms with Crippen LogP contribution in [-0.2, 0) is 7.05 Å². The Kier molecular flexibility index (Phi) is 2.92. The molecule has 0 bridgehead atoms. The number of fused-ring (bicyclic) bond motifs is 1. The minimum absolute atomic E-state index is 0.318. The number of nitrogens with zero attached hydrogens (tertiary/aromatic N) is 3. The molecule has 0 amide bonds. The van der Waals surface area contributed by atoms with Gasteiger partial charge in [-0.15, -0.1) is 0 Å². The van der Waals surface area contributed by atoms with Crippen LogP contribution in [0.1, 0.15) is 11.7 Å². The molecule has 0 saturated carbocycles. The van der Waals surface area contributed by atoms with Crippen molar-refractivity contribution in [3.8, 4) is 0 Å². The molecule has 0 aliphatic rings. The van der Waals surface area contributed by atoms with Gasteiger partial charge in [0.05, 0.1) is 12.3 Å². The Morgan fingerprint density at radius 1 is 1.42 bits per heavy atom. The lowest BCUT2D eigenvalue weighted by molar-refractivity contribution is 0.190. The van der Waals surface area contributed by atoms with Crippen molar-refractivity contribution in [3.05, 3.63) is 42.2 Å². The molecule has 1 aromatic carbocycles. The number of benzene rings is 1. The average Bonchev–Trinajstić information content (AvgIpc) is 3.01. The van der Waals surface area contributed by atoms with Crippen molar-refractivity contribution < 1.29 is 9.52 Å². The van der Waals surface area contributed by atoms with E-state index in [1.807, 2.05) is 31.3 Å². The predicted octanol–water partition coefficient (Wildman–Crippen LogP) is 1.71. The molecule has 0 spiro atoms. The first-order valence-electron chi connectivity index (χ1n) is 5.98. The SMILES string of the molecule is Cn1cc(C(O)CNc2nc3ccccc3o2)cn1. The Bertz CT molecular complexity index is 656. The molecule has 0 aliphatic carbocycles. The van der Waals surface area contributed by atoms with E-state index < -0.39 is 6.10 Å². The van der Waals surface area contributed by atoms with E-state index in [1.165, 1.54) is 0 Å². The molecule has 98 valence electrons. The number of aliphatic hydroxyl groups is 1.